The number of hydrogen-bond acceptors (Lipinski definition) is 7. The number of ketones is 1. The van der Waals surface area contributed by atoms with Crippen molar-refractivity contribution in [2.24, 2.45) is 0 Å². The first-order valence-electron chi connectivity index (χ1n) is 7.31. The summed E-state index contributed by atoms with van der Waals surface area (Å²) in [7, 11) is 0. The Morgan fingerprint density at radius 1 is 1.43 bits per heavy atom. The lowest BCUT2D eigenvalue weighted by Crippen LogP contribution is -2.31. The van der Waals surface area contributed by atoms with Crippen LogP contribution in [0.1, 0.15) is 43.2 Å². The first kappa shape index (κ1) is 15.4. The molecule has 2 aromatic rings. The van der Waals surface area contributed by atoms with Crippen molar-refractivity contribution in [1.82, 2.24) is 19.7 Å². The number of nitrogens with two attached hydrogens (primary N) is 1. The highest BCUT2D eigenvalue weighted by molar-refractivity contribution is 5.99. The Morgan fingerprint density at radius 3 is 2.87 bits per heavy atom. The molecule has 3 rings (SSSR count). The monoisotopic (exact) mass is 317 g/mol. The number of ether oxygens (including phenoxy) is 2. The number of aromatic nitrogens is 4. The minimum absolute atomic E-state index is 0.0547. The Morgan fingerprint density at radius 2 is 2.22 bits per heavy atom. The summed E-state index contributed by atoms with van der Waals surface area (Å²) in [5, 5.41) is 7.32. The van der Waals surface area contributed by atoms with Crippen molar-refractivity contribution in [1.29, 1.82) is 0 Å². The van der Waals surface area contributed by atoms with E-state index in [0.29, 0.717) is 11.4 Å². The minimum Gasteiger partial charge on any atom is -0.447 e. The highest BCUT2D eigenvalue weighted by atomic mass is 16.7. The second kappa shape index (κ2) is 5.62. The van der Waals surface area contributed by atoms with Gasteiger partial charge < -0.3 is 15.2 Å². The first-order chi connectivity index (χ1) is 10.8. The van der Waals surface area contributed by atoms with Gasteiger partial charge in [-0.15, -0.1) is 10.2 Å². The van der Waals surface area contributed by atoms with Crippen LogP contribution in [0.4, 0.5) is 5.95 Å². The molecule has 1 unspecified atom stereocenters. The van der Waals surface area contributed by atoms with E-state index in [4.69, 9.17) is 15.2 Å². The summed E-state index contributed by atoms with van der Waals surface area (Å²) in [6.45, 7) is 6.25. The molecule has 1 atom stereocenters. The maximum Gasteiger partial charge on any atom is 0.227 e. The minimum atomic E-state index is -0.709. The number of carbonyl (C=O) groups excluding carboxylic acids is 1. The molecule has 122 valence electrons. The van der Waals surface area contributed by atoms with Crippen molar-refractivity contribution in [2.75, 3.05) is 5.73 Å². The van der Waals surface area contributed by atoms with E-state index >= 15 is 0 Å². The van der Waals surface area contributed by atoms with Crippen molar-refractivity contribution in [3.63, 3.8) is 0 Å². The van der Waals surface area contributed by atoms with E-state index in [1.807, 2.05) is 6.07 Å². The summed E-state index contributed by atoms with van der Waals surface area (Å²) in [4.78, 5) is 16.7. The van der Waals surface area contributed by atoms with E-state index in [1.165, 1.54) is 10.9 Å². The number of pyridine rings is 1. The largest absolute Gasteiger partial charge is 0.447 e. The summed E-state index contributed by atoms with van der Waals surface area (Å²) in [5.41, 5.74) is 6.83. The second-order valence-corrected chi connectivity index (χ2v) is 6.43. The Balaban J connectivity index is 1.76. The van der Waals surface area contributed by atoms with Crippen molar-refractivity contribution in [2.45, 2.75) is 45.6 Å². The van der Waals surface area contributed by atoms with E-state index in [0.717, 1.165) is 5.69 Å². The van der Waals surface area contributed by atoms with Crippen LogP contribution in [0.5, 0.6) is 5.88 Å². The van der Waals surface area contributed by atoms with Gasteiger partial charge in [0.25, 0.3) is 0 Å². The third-order valence-corrected chi connectivity index (χ3v) is 3.57. The molecule has 3 heterocycles. The van der Waals surface area contributed by atoms with E-state index in [9.17, 15) is 4.79 Å². The Bertz CT molecular complexity index is 735. The molecule has 0 fully saturated rings. The van der Waals surface area contributed by atoms with Crippen molar-refractivity contribution < 1.29 is 14.3 Å². The van der Waals surface area contributed by atoms with Gasteiger partial charge in [0.1, 0.15) is 13.1 Å². The average molecular weight is 317 g/mol. The van der Waals surface area contributed by atoms with E-state index in [-0.39, 0.29) is 30.3 Å². The van der Waals surface area contributed by atoms with Crippen LogP contribution in [0.25, 0.3) is 0 Å². The van der Waals surface area contributed by atoms with Crippen LogP contribution >= 0.6 is 0 Å². The molecular weight excluding hydrogens is 298 g/mol. The van der Waals surface area contributed by atoms with E-state index in [2.05, 4.69) is 36.0 Å². The van der Waals surface area contributed by atoms with Crippen LogP contribution in [0.3, 0.4) is 0 Å². The lowest BCUT2D eigenvalue weighted by Gasteiger charge is -2.26. The van der Waals surface area contributed by atoms with Crippen LogP contribution < -0.4 is 10.5 Å². The van der Waals surface area contributed by atoms with Crippen LogP contribution in [0, 0.1) is 0 Å². The number of rotatable bonds is 3. The van der Waals surface area contributed by atoms with Crippen molar-refractivity contribution in [3.05, 3.63) is 29.7 Å². The lowest BCUT2D eigenvalue weighted by molar-refractivity contribution is -0.111. The fourth-order valence-corrected chi connectivity index (χ4v) is 2.21. The molecule has 0 aromatic carbocycles. The van der Waals surface area contributed by atoms with Gasteiger partial charge in [-0.2, -0.15) is 0 Å². The Labute approximate surface area is 133 Å². The van der Waals surface area contributed by atoms with Gasteiger partial charge in [-0.1, -0.05) is 20.8 Å². The van der Waals surface area contributed by atoms with Crippen LogP contribution in [0.15, 0.2) is 18.5 Å². The van der Waals surface area contributed by atoms with Gasteiger partial charge in [-0.3, -0.25) is 9.36 Å². The molecule has 8 nitrogen and oxygen atoms in total. The molecule has 0 amide bonds. The van der Waals surface area contributed by atoms with Gasteiger partial charge in [-0.05, 0) is 12.1 Å². The smallest absolute Gasteiger partial charge is 0.227 e. The molecular formula is C15H19N5O3. The normalized spacial score (nSPS) is 17.7. The second-order valence-electron chi connectivity index (χ2n) is 6.43. The fraction of sp³-hybridized carbons (Fsp3) is 0.467. The molecule has 23 heavy (non-hydrogen) atoms. The molecule has 0 spiro atoms. The molecule has 2 aromatic heterocycles. The van der Waals surface area contributed by atoms with Crippen molar-refractivity contribution in [3.8, 4) is 5.88 Å². The summed E-state index contributed by atoms with van der Waals surface area (Å²) in [6.07, 6.45) is 0.870. The van der Waals surface area contributed by atoms with Gasteiger partial charge in [0.05, 0.1) is 12.0 Å². The number of hydrogen-bond donors (Lipinski definition) is 1. The van der Waals surface area contributed by atoms with Crippen LogP contribution in [-0.4, -0.2) is 31.8 Å². The molecule has 0 radical (unpaired) electrons. The molecule has 1 aliphatic heterocycles. The summed E-state index contributed by atoms with van der Waals surface area (Å²) in [5.74, 6) is 0.497. The summed E-state index contributed by atoms with van der Waals surface area (Å²) < 4.78 is 12.8. The zero-order valence-electron chi connectivity index (χ0n) is 13.3. The predicted molar refractivity (Wildman–Crippen MR) is 81.8 cm³/mol. The average Bonchev–Trinajstić information content (AvgIpc) is 2.89. The molecule has 0 saturated heterocycles. The van der Waals surface area contributed by atoms with Gasteiger partial charge in [-0.25, -0.2) is 4.98 Å². The predicted octanol–water partition coefficient (Wildman–Crippen LogP) is 1.52. The third kappa shape index (κ3) is 3.16. The third-order valence-electron chi connectivity index (χ3n) is 3.57. The van der Waals surface area contributed by atoms with Gasteiger partial charge >= 0.3 is 0 Å². The molecule has 2 N–H and O–H groups in total. The molecule has 1 aliphatic rings. The zero-order chi connectivity index (χ0) is 16.6. The van der Waals surface area contributed by atoms with Crippen LogP contribution in [0.2, 0.25) is 0 Å². The number of fused-ring (bicyclic) bond motifs is 1. The summed E-state index contributed by atoms with van der Waals surface area (Å²) >= 11 is 0. The molecule has 0 aliphatic carbocycles. The Kier molecular flexibility index (Phi) is 3.77. The van der Waals surface area contributed by atoms with Gasteiger partial charge in [0, 0.05) is 11.1 Å². The number of Topliss-reactive ketones (excluding diaryl/α,β-unsaturated/α-hetero) is 1. The van der Waals surface area contributed by atoms with E-state index < -0.39 is 6.29 Å². The molecule has 0 bridgehead atoms. The van der Waals surface area contributed by atoms with Crippen molar-refractivity contribution >= 4 is 11.7 Å². The maximum absolute atomic E-state index is 12.2. The number of anilines is 1. The standard InChI is InChI=1S/C15H19N5O3/c1-15(2,3)11-5-4-9-10(21)6-12(23-13(9)18-11)22-8-20-7-17-19-14(20)16/h4-5,7,12H,6,8H2,1-3H3,(H2,16,19). The quantitative estimate of drug-likeness (QED) is 0.914. The number of nitrogens with zero attached hydrogens (tertiary/aromatic N) is 4. The highest BCUT2D eigenvalue weighted by Crippen LogP contribution is 2.30. The van der Waals surface area contributed by atoms with Gasteiger partial charge in [0.15, 0.2) is 5.78 Å². The first-order valence-corrected chi connectivity index (χ1v) is 7.31. The fourth-order valence-electron chi connectivity index (χ4n) is 2.21. The zero-order valence-corrected chi connectivity index (χ0v) is 13.3. The van der Waals surface area contributed by atoms with Crippen LogP contribution in [-0.2, 0) is 16.9 Å². The van der Waals surface area contributed by atoms with Gasteiger partial charge in [0.2, 0.25) is 18.1 Å². The number of nitrogen functional groups attached to an aromatic ring is 1. The highest BCUT2D eigenvalue weighted by Gasteiger charge is 2.30. The summed E-state index contributed by atoms with van der Waals surface area (Å²) in [6, 6.07) is 3.62. The lowest BCUT2D eigenvalue weighted by atomic mass is 9.91. The Hall–Kier alpha value is -2.48. The maximum atomic E-state index is 12.2. The number of carbonyl (C=O) groups is 1. The molecule has 8 heteroatoms. The van der Waals surface area contributed by atoms with E-state index in [1.54, 1.807) is 6.07 Å². The molecule has 0 saturated carbocycles. The topological polar surface area (TPSA) is 105 Å². The SMILES string of the molecule is CC(C)(C)c1ccc2c(n1)OC(OCn1cnnc1N)CC2=O.